The fourth-order valence-corrected chi connectivity index (χ4v) is 9.96. The Morgan fingerprint density at radius 1 is 0.449 bits per heavy atom. The van der Waals surface area contributed by atoms with Gasteiger partial charge in [-0.2, -0.15) is 0 Å². The average Bonchev–Trinajstić information content (AvgIpc) is 3.41. The molecule has 8 nitrogen and oxygen atoms in total. The van der Waals surface area contributed by atoms with Crippen molar-refractivity contribution < 1.29 is 32.9 Å². The Labute approximate surface area is 483 Å². The molecule has 0 aliphatic heterocycles. The van der Waals surface area contributed by atoms with Gasteiger partial charge in [-0.15, -0.1) is 0 Å². The Morgan fingerprint density at radius 2 is 0.782 bits per heavy atom. The summed E-state index contributed by atoms with van der Waals surface area (Å²) in [5.41, 5.74) is 0. The first-order valence-electron chi connectivity index (χ1n) is 32.6. The van der Waals surface area contributed by atoms with Crippen molar-refractivity contribution in [3.63, 3.8) is 0 Å². The highest BCUT2D eigenvalue weighted by atomic mass is 31.2. The molecular weight excluding hydrogens is 984 g/mol. The van der Waals surface area contributed by atoms with E-state index in [0.29, 0.717) is 17.4 Å². The Balaban J connectivity index is 4.11. The van der Waals surface area contributed by atoms with Crippen LogP contribution in [0.1, 0.15) is 284 Å². The second-order valence-corrected chi connectivity index (χ2v) is 24.5. The lowest BCUT2D eigenvalue weighted by atomic mass is 10.0. The van der Waals surface area contributed by atoms with Gasteiger partial charge < -0.3 is 19.8 Å². The molecule has 3 unspecified atom stereocenters. The molecule has 78 heavy (non-hydrogen) atoms. The molecule has 0 aliphatic carbocycles. The molecule has 452 valence electrons. The molecule has 0 aliphatic rings. The van der Waals surface area contributed by atoms with Gasteiger partial charge in [-0.3, -0.25) is 13.8 Å². The van der Waals surface area contributed by atoms with Gasteiger partial charge in [0, 0.05) is 6.42 Å². The van der Waals surface area contributed by atoms with E-state index in [2.05, 4.69) is 104 Å². The van der Waals surface area contributed by atoms with Crippen LogP contribution in [-0.2, 0) is 18.4 Å². The molecule has 0 saturated carbocycles. The number of allylic oxidation sites excluding steroid dienone is 15. The van der Waals surface area contributed by atoms with Gasteiger partial charge in [0.15, 0.2) is 0 Å². The zero-order valence-corrected chi connectivity index (χ0v) is 52.5. The van der Waals surface area contributed by atoms with Crippen LogP contribution in [0.2, 0.25) is 0 Å². The summed E-state index contributed by atoms with van der Waals surface area (Å²) in [7, 11) is 1.55. The molecule has 0 aromatic heterocycles. The summed E-state index contributed by atoms with van der Waals surface area (Å²) in [6, 6.07) is -0.874. The number of likely N-dealkylation sites (N-methyl/N-ethyl adjacent to an activating group) is 1. The molecule has 3 atom stereocenters. The quantitative estimate of drug-likeness (QED) is 0.0243. The number of nitrogens with one attached hydrogen (secondary N) is 1. The van der Waals surface area contributed by atoms with E-state index >= 15 is 0 Å². The zero-order chi connectivity index (χ0) is 57.0. The van der Waals surface area contributed by atoms with Crippen molar-refractivity contribution in [3.8, 4) is 0 Å². The second kappa shape index (κ2) is 59.1. The lowest BCUT2D eigenvalue weighted by Gasteiger charge is -2.25. The van der Waals surface area contributed by atoms with Crippen molar-refractivity contribution in [3.05, 3.63) is 97.2 Å². The highest BCUT2D eigenvalue weighted by molar-refractivity contribution is 7.47. The molecule has 3 N–H and O–H groups in total. The van der Waals surface area contributed by atoms with Crippen LogP contribution >= 0.6 is 7.82 Å². The molecule has 0 heterocycles. The number of quaternary nitrogens is 1. The first-order valence-corrected chi connectivity index (χ1v) is 34.1. The molecular formula is C69H126N2O6P+. The van der Waals surface area contributed by atoms with E-state index in [1.807, 2.05) is 27.2 Å². The van der Waals surface area contributed by atoms with Crippen molar-refractivity contribution in [1.29, 1.82) is 0 Å². The van der Waals surface area contributed by atoms with Crippen molar-refractivity contribution >= 4 is 13.7 Å². The molecule has 0 aromatic rings. The van der Waals surface area contributed by atoms with E-state index in [9.17, 15) is 19.4 Å². The summed E-state index contributed by atoms with van der Waals surface area (Å²) in [5, 5.41) is 13.9. The largest absolute Gasteiger partial charge is 0.472 e. The van der Waals surface area contributed by atoms with Crippen molar-refractivity contribution in [2.75, 3.05) is 40.9 Å². The fourth-order valence-electron chi connectivity index (χ4n) is 9.22. The predicted octanol–water partition coefficient (Wildman–Crippen LogP) is 20.5. The van der Waals surface area contributed by atoms with Gasteiger partial charge >= 0.3 is 7.82 Å². The van der Waals surface area contributed by atoms with Crippen LogP contribution in [0.4, 0.5) is 0 Å². The molecule has 0 fully saturated rings. The average molecular weight is 1110 g/mol. The summed E-state index contributed by atoms with van der Waals surface area (Å²) >= 11 is 0. The van der Waals surface area contributed by atoms with Crippen molar-refractivity contribution in [2.24, 2.45) is 0 Å². The van der Waals surface area contributed by atoms with Crippen LogP contribution in [0.15, 0.2) is 97.2 Å². The standard InChI is InChI=1S/C69H125N2O6P/c1-6-8-10-12-14-16-18-20-22-24-26-28-29-30-31-32-33-34-35-36-37-38-39-40-41-43-45-47-49-51-53-55-57-59-61-63-69(73)70-67(66-77-78(74,75)76-65-64-71(3,4)5)68(72)62-60-58-56-54-52-50-48-46-44-42-27-25-23-21-19-17-15-13-11-9-7-2/h8,10,14,16,20,22,26,28,30-31,44,46,52,54,60,62,67-68,72H,6-7,9,11-13,15,17-19,21,23-25,27,29,32-43,45,47-51,53,55-59,61,63-66H2,1-5H3,(H-,70,73,74,75)/p+1/b10-8-,16-14-,22-20-,28-26-,31-30-,46-44+,54-52+,62-60+. The van der Waals surface area contributed by atoms with Gasteiger partial charge in [0.25, 0.3) is 0 Å². The molecule has 0 saturated heterocycles. The summed E-state index contributed by atoms with van der Waals surface area (Å²) in [5.74, 6) is -0.190. The fraction of sp³-hybridized carbons (Fsp3) is 0.754. The molecule has 9 heteroatoms. The molecule has 0 radical (unpaired) electrons. The summed E-state index contributed by atoms with van der Waals surface area (Å²) < 4.78 is 23.7. The van der Waals surface area contributed by atoms with E-state index < -0.39 is 20.0 Å². The number of nitrogens with zero attached hydrogens (tertiary/aromatic N) is 1. The molecule has 0 spiro atoms. The van der Waals surface area contributed by atoms with E-state index in [0.717, 1.165) is 77.0 Å². The molecule has 0 rings (SSSR count). The van der Waals surface area contributed by atoms with Crippen LogP contribution < -0.4 is 5.32 Å². The summed E-state index contributed by atoms with van der Waals surface area (Å²) in [6.45, 7) is 4.69. The molecule has 0 bridgehead atoms. The van der Waals surface area contributed by atoms with E-state index in [1.165, 1.54) is 186 Å². The number of phosphoric acid groups is 1. The number of hydrogen-bond acceptors (Lipinski definition) is 5. The van der Waals surface area contributed by atoms with Gasteiger partial charge in [0.2, 0.25) is 5.91 Å². The third-order valence-electron chi connectivity index (χ3n) is 14.3. The van der Waals surface area contributed by atoms with Gasteiger partial charge in [-0.25, -0.2) is 4.57 Å². The number of phosphoric ester groups is 1. The third kappa shape index (κ3) is 61.0. The molecule has 0 aromatic carbocycles. The van der Waals surface area contributed by atoms with Crippen LogP contribution in [0.25, 0.3) is 0 Å². The topological polar surface area (TPSA) is 105 Å². The maximum Gasteiger partial charge on any atom is 0.472 e. The van der Waals surface area contributed by atoms with E-state index in [1.54, 1.807) is 6.08 Å². The van der Waals surface area contributed by atoms with E-state index in [4.69, 9.17) is 9.05 Å². The van der Waals surface area contributed by atoms with Gasteiger partial charge in [-0.05, 0) is 89.9 Å². The smallest absolute Gasteiger partial charge is 0.387 e. The third-order valence-corrected chi connectivity index (χ3v) is 15.2. The van der Waals surface area contributed by atoms with Crippen LogP contribution in [0, 0.1) is 0 Å². The Morgan fingerprint density at radius 3 is 1.18 bits per heavy atom. The van der Waals surface area contributed by atoms with Crippen molar-refractivity contribution in [2.45, 2.75) is 296 Å². The minimum Gasteiger partial charge on any atom is -0.387 e. The van der Waals surface area contributed by atoms with Crippen LogP contribution in [-0.4, -0.2) is 73.4 Å². The number of amides is 1. The van der Waals surface area contributed by atoms with Crippen molar-refractivity contribution in [1.82, 2.24) is 5.32 Å². The predicted molar refractivity (Wildman–Crippen MR) is 341 cm³/mol. The van der Waals surface area contributed by atoms with Gasteiger partial charge in [-0.1, -0.05) is 284 Å². The Bertz CT molecular complexity index is 1590. The lowest BCUT2D eigenvalue weighted by Crippen LogP contribution is -2.45. The van der Waals surface area contributed by atoms with E-state index in [-0.39, 0.29) is 19.1 Å². The Hall–Kier alpha value is -2.58. The molecule has 1 amide bonds. The monoisotopic (exact) mass is 1110 g/mol. The number of hydrogen-bond donors (Lipinski definition) is 3. The normalized spacial score (nSPS) is 14.4. The zero-order valence-electron chi connectivity index (χ0n) is 51.6. The SMILES string of the molecule is CC/C=C\C/C=C\C/C=C\C/C=C\C/C=C\CCCCCCCCCCCCCCCCCCCCCC(=O)NC(COP(=O)(O)OCC[N+](C)(C)C)C(O)/C=C/CC/C=C/CC/C=C/CCCCCCCCCCCCC. The number of carbonyl (C=O) groups excluding carboxylic acids is 1. The first-order chi connectivity index (χ1) is 38.0. The van der Waals surface area contributed by atoms with Gasteiger partial charge in [0.05, 0.1) is 39.9 Å². The highest BCUT2D eigenvalue weighted by Crippen LogP contribution is 2.43. The minimum absolute atomic E-state index is 0.0514. The number of carbonyl (C=O) groups is 1. The van der Waals surface area contributed by atoms with Gasteiger partial charge in [0.1, 0.15) is 13.2 Å². The second-order valence-electron chi connectivity index (χ2n) is 23.1. The Kier molecular flexibility index (Phi) is 57.1. The number of unbranched alkanes of at least 4 members (excludes halogenated alkanes) is 32. The number of aliphatic hydroxyl groups is 1. The minimum atomic E-state index is -4.37. The maximum absolute atomic E-state index is 13.0. The first kappa shape index (κ1) is 75.4. The number of aliphatic hydroxyl groups excluding tert-OH is 1. The highest BCUT2D eigenvalue weighted by Gasteiger charge is 2.27. The van der Waals surface area contributed by atoms with Crippen LogP contribution in [0.5, 0.6) is 0 Å². The summed E-state index contributed by atoms with van der Waals surface area (Å²) in [6.07, 6.45) is 85.4. The lowest BCUT2D eigenvalue weighted by molar-refractivity contribution is -0.870. The summed E-state index contributed by atoms with van der Waals surface area (Å²) in [4.78, 5) is 23.4. The number of rotatable bonds is 59. The van der Waals surface area contributed by atoms with Crippen LogP contribution in [0.3, 0.4) is 0 Å². The maximum atomic E-state index is 13.0.